The number of piperazine rings is 1. The van der Waals surface area contributed by atoms with Gasteiger partial charge in [0.1, 0.15) is 6.26 Å². The first-order valence-corrected chi connectivity index (χ1v) is 10.0. The summed E-state index contributed by atoms with van der Waals surface area (Å²) in [6.45, 7) is 6.97. The Morgan fingerprint density at radius 2 is 2.17 bits per heavy atom. The summed E-state index contributed by atoms with van der Waals surface area (Å²) in [5, 5.41) is 13.2. The van der Waals surface area contributed by atoms with Crippen LogP contribution in [0.5, 0.6) is 0 Å². The molecule has 4 rings (SSSR count). The molecule has 154 valence electrons. The molecular weight excluding hydrogens is 394 g/mol. The Hall–Kier alpha value is -2.62. The van der Waals surface area contributed by atoms with Crippen molar-refractivity contribution in [3.05, 3.63) is 40.7 Å². The fourth-order valence-corrected chi connectivity index (χ4v) is 3.64. The van der Waals surface area contributed by atoms with Gasteiger partial charge in [-0.25, -0.2) is 0 Å². The predicted octanol–water partition coefficient (Wildman–Crippen LogP) is 1.45. The van der Waals surface area contributed by atoms with Gasteiger partial charge in [0.05, 0.1) is 10.7 Å². The Labute approximate surface area is 173 Å². The largest absolute Gasteiger partial charge is 0.431 e. The standard InChI is InChI=1S/C19H24ClN7O2/c20-15-2-1-13(9-16(15)24-18(28)17-12-29-19(21)25-17)14-10-23-27(11-14)8-7-26-5-3-22-4-6-26/h1-2,9-10,12,14,22H,3-8,11H2,(H2,21,25)(H,24,28). The van der Waals surface area contributed by atoms with Gasteiger partial charge >= 0.3 is 0 Å². The number of hydrogen-bond acceptors (Lipinski definition) is 8. The van der Waals surface area contributed by atoms with Crippen molar-refractivity contribution in [2.75, 3.05) is 56.9 Å². The minimum atomic E-state index is -0.428. The van der Waals surface area contributed by atoms with Crippen LogP contribution in [0.3, 0.4) is 0 Å². The van der Waals surface area contributed by atoms with E-state index in [4.69, 9.17) is 21.8 Å². The number of nitrogen functional groups attached to an aromatic ring is 1. The molecule has 0 spiro atoms. The van der Waals surface area contributed by atoms with Crippen LogP contribution in [-0.2, 0) is 0 Å². The Balaban J connectivity index is 1.36. The smallest absolute Gasteiger partial charge is 0.292 e. The molecule has 2 aliphatic rings. The van der Waals surface area contributed by atoms with Crippen molar-refractivity contribution < 1.29 is 9.21 Å². The lowest BCUT2D eigenvalue weighted by atomic mass is 10.0. The number of halogens is 1. The van der Waals surface area contributed by atoms with E-state index in [1.54, 1.807) is 6.07 Å². The van der Waals surface area contributed by atoms with Crippen molar-refractivity contribution >= 4 is 35.4 Å². The van der Waals surface area contributed by atoms with E-state index in [2.05, 4.69) is 30.6 Å². The summed E-state index contributed by atoms with van der Waals surface area (Å²) in [5.41, 5.74) is 7.08. The van der Waals surface area contributed by atoms with E-state index < -0.39 is 5.91 Å². The number of carbonyl (C=O) groups is 1. The average Bonchev–Trinajstić information content (AvgIpc) is 3.38. The molecule has 1 saturated heterocycles. The number of nitrogens with one attached hydrogen (secondary N) is 2. The number of rotatable bonds is 6. The topological polar surface area (TPSA) is 112 Å². The quantitative estimate of drug-likeness (QED) is 0.652. The van der Waals surface area contributed by atoms with E-state index >= 15 is 0 Å². The molecule has 1 amide bonds. The van der Waals surface area contributed by atoms with Crippen LogP contribution in [0.15, 0.2) is 34.0 Å². The van der Waals surface area contributed by atoms with Crippen LogP contribution in [0.4, 0.5) is 11.7 Å². The second-order valence-electron chi connectivity index (χ2n) is 7.14. The molecule has 1 unspecified atom stereocenters. The summed E-state index contributed by atoms with van der Waals surface area (Å²) in [6, 6.07) is 5.56. The van der Waals surface area contributed by atoms with E-state index in [9.17, 15) is 4.79 Å². The monoisotopic (exact) mass is 417 g/mol. The van der Waals surface area contributed by atoms with E-state index in [1.807, 2.05) is 18.3 Å². The van der Waals surface area contributed by atoms with Crippen molar-refractivity contribution in [3.63, 3.8) is 0 Å². The van der Waals surface area contributed by atoms with Gasteiger partial charge in [-0.2, -0.15) is 10.1 Å². The molecule has 0 saturated carbocycles. The van der Waals surface area contributed by atoms with Crippen LogP contribution in [0, 0.1) is 0 Å². The zero-order valence-corrected chi connectivity index (χ0v) is 16.7. The molecule has 1 fully saturated rings. The van der Waals surface area contributed by atoms with Crippen LogP contribution in [0.2, 0.25) is 5.02 Å². The lowest BCUT2D eigenvalue weighted by Gasteiger charge is -2.28. The summed E-state index contributed by atoms with van der Waals surface area (Å²) >= 11 is 6.27. The molecule has 10 heteroatoms. The molecule has 2 aliphatic heterocycles. The molecule has 1 atom stereocenters. The number of carbonyl (C=O) groups excluding carboxylic acids is 1. The van der Waals surface area contributed by atoms with Gasteiger partial charge < -0.3 is 20.8 Å². The molecule has 9 nitrogen and oxygen atoms in total. The number of nitrogens with zero attached hydrogens (tertiary/aromatic N) is 4. The molecule has 0 bridgehead atoms. The predicted molar refractivity (Wildman–Crippen MR) is 112 cm³/mol. The summed E-state index contributed by atoms with van der Waals surface area (Å²) in [7, 11) is 0. The first-order valence-electron chi connectivity index (χ1n) is 9.62. The van der Waals surface area contributed by atoms with Crippen molar-refractivity contribution in [3.8, 4) is 0 Å². The van der Waals surface area contributed by atoms with Gasteiger partial charge in [0.2, 0.25) is 0 Å². The van der Waals surface area contributed by atoms with Gasteiger partial charge in [0.25, 0.3) is 11.9 Å². The van der Waals surface area contributed by atoms with Crippen molar-refractivity contribution in [1.29, 1.82) is 0 Å². The highest BCUT2D eigenvalue weighted by molar-refractivity contribution is 6.34. The number of aromatic nitrogens is 1. The molecule has 0 radical (unpaired) electrons. The van der Waals surface area contributed by atoms with Crippen LogP contribution < -0.4 is 16.4 Å². The highest BCUT2D eigenvalue weighted by atomic mass is 35.5. The van der Waals surface area contributed by atoms with Crippen molar-refractivity contribution in [1.82, 2.24) is 20.2 Å². The van der Waals surface area contributed by atoms with Crippen molar-refractivity contribution in [2.45, 2.75) is 5.92 Å². The van der Waals surface area contributed by atoms with E-state index in [0.29, 0.717) is 10.7 Å². The first kappa shape index (κ1) is 19.7. The van der Waals surface area contributed by atoms with E-state index in [1.165, 1.54) is 6.26 Å². The Kier molecular flexibility index (Phi) is 5.98. The summed E-state index contributed by atoms with van der Waals surface area (Å²) in [6.07, 6.45) is 3.16. The van der Waals surface area contributed by atoms with Gasteiger partial charge in [-0.1, -0.05) is 17.7 Å². The highest BCUT2D eigenvalue weighted by Gasteiger charge is 2.22. The SMILES string of the molecule is Nc1nc(C(=O)Nc2cc(C3C=NN(CCN4CCNCC4)C3)ccc2Cl)co1. The second kappa shape index (κ2) is 8.81. The second-order valence-corrected chi connectivity index (χ2v) is 7.55. The number of nitrogens with two attached hydrogens (primary N) is 1. The molecule has 1 aromatic heterocycles. The van der Waals surface area contributed by atoms with Crippen LogP contribution in [0.1, 0.15) is 22.0 Å². The van der Waals surface area contributed by atoms with Crippen LogP contribution in [-0.4, -0.2) is 72.8 Å². The number of oxazole rings is 1. The minimum absolute atomic E-state index is 0.0573. The lowest BCUT2D eigenvalue weighted by Crippen LogP contribution is -2.45. The third-order valence-electron chi connectivity index (χ3n) is 5.12. The average molecular weight is 418 g/mol. The van der Waals surface area contributed by atoms with Gasteiger partial charge in [-0.15, -0.1) is 0 Å². The van der Waals surface area contributed by atoms with Gasteiger partial charge in [0, 0.05) is 57.9 Å². The maximum absolute atomic E-state index is 12.3. The van der Waals surface area contributed by atoms with Gasteiger partial charge in [-0.3, -0.25) is 14.7 Å². The minimum Gasteiger partial charge on any atom is -0.431 e. The number of benzene rings is 1. The fourth-order valence-electron chi connectivity index (χ4n) is 3.48. The molecule has 4 N–H and O–H groups in total. The third kappa shape index (κ3) is 4.87. The number of anilines is 2. The lowest BCUT2D eigenvalue weighted by molar-refractivity contribution is 0.102. The summed E-state index contributed by atoms with van der Waals surface area (Å²) in [5.74, 6) is -0.282. The Morgan fingerprint density at radius 1 is 1.34 bits per heavy atom. The maximum Gasteiger partial charge on any atom is 0.292 e. The summed E-state index contributed by atoms with van der Waals surface area (Å²) in [4.78, 5) is 18.6. The fraction of sp³-hybridized carbons (Fsp3) is 0.421. The summed E-state index contributed by atoms with van der Waals surface area (Å²) < 4.78 is 4.88. The van der Waals surface area contributed by atoms with Gasteiger partial charge in [-0.05, 0) is 17.7 Å². The molecule has 29 heavy (non-hydrogen) atoms. The Morgan fingerprint density at radius 3 is 2.93 bits per heavy atom. The third-order valence-corrected chi connectivity index (χ3v) is 5.45. The number of hydrogen-bond donors (Lipinski definition) is 3. The normalized spacial score (nSPS) is 19.6. The number of amides is 1. The molecule has 2 aromatic rings. The van der Waals surface area contributed by atoms with Crippen LogP contribution >= 0.6 is 11.6 Å². The van der Waals surface area contributed by atoms with Gasteiger partial charge in [0.15, 0.2) is 5.69 Å². The molecule has 3 heterocycles. The van der Waals surface area contributed by atoms with Crippen LogP contribution in [0.25, 0.3) is 0 Å². The van der Waals surface area contributed by atoms with E-state index in [-0.39, 0.29) is 17.6 Å². The molecule has 1 aromatic carbocycles. The zero-order valence-electron chi connectivity index (χ0n) is 16.0. The van der Waals surface area contributed by atoms with Crippen molar-refractivity contribution in [2.24, 2.45) is 5.10 Å². The first-order chi connectivity index (χ1) is 14.1. The maximum atomic E-state index is 12.3. The zero-order chi connectivity index (χ0) is 20.2. The van der Waals surface area contributed by atoms with E-state index in [0.717, 1.165) is 51.4 Å². The number of hydrazone groups is 1. The molecule has 0 aliphatic carbocycles. The molecular formula is C19H24ClN7O2. The highest BCUT2D eigenvalue weighted by Crippen LogP contribution is 2.29. The Bertz CT molecular complexity index is 894.